The summed E-state index contributed by atoms with van der Waals surface area (Å²) < 4.78 is 19.6. The van der Waals surface area contributed by atoms with Crippen molar-refractivity contribution in [1.29, 1.82) is 0 Å². The molecule has 0 spiro atoms. The van der Waals surface area contributed by atoms with Gasteiger partial charge in [-0.15, -0.1) is 6.58 Å². The lowest BCUT2D eigenvalue weighted by Gasteiger charge is -2.32. The summed E-state index contributed by atoms with van der Waals surface area (Å²) in [6.07, 6.45) is 10.1. The summed E-state index contributed by atoms with van der Waals surface area (Å²) in [4.78, 5) is 27.7. The number of nitrogens with zero attached hydrogens (tertiary/aromatic N) is 5. The molecule has 1 amide bonds. The van der Waals surface area contributed by atoms with E-state index in [1.165, 1.54) is 12.1 Å². The SMILES string of the molecule is C=CCNC(=O)c1ccc(NCCCC2CCN(c3ncc(-c4noc(CC(C)C)n4)cn3)CC2)cc1F. The van der Waals surface area contributed by atoms with E-state index in [0.717, 1.165) is 63.3 Å². The van der Waals surface area contributed by atoms with E-state index in [1.54, 1.807) is 24.5 Å². The van der Waals surface area contributed by atoms with Crippen molar-refractivity contribution in [2.45, 2.75) is 46.0 Å². The maximum absolute atomic E-state index is 14.3. The minimum Gasteiger partial charge on any atom is -0.385 e. The Hall–Kier alpha value is -3.82. The van der Waals surface area contributed by atoms with Crippen LogP contribution in [0.3, 0.4) is 0 Å². The van der Waals surface area contributed by atoms with Crippen LogP contribution in [0.25, 0.3) is 11.4 Å². The molecule has 9 nitrogen and oxygen atoms in total. The second-order valence-electron chi connectivity index (χ2n) is 10.1. The fraction of sp³-hybridized carbons (Fsp3) is 0.464. The van der Waals surface area contributed by atoms with Gasteiger partial charge in [-0.2, -0.15) is 4.98 Å². The average Bonchev–Trinajstić information content (AvgIpc) is 3.38. The molecule has 10 heteroatoms. The summed E-state index contributed by atoms with van der Waals surface area (Å²) in [6.45, 7) is 10.6. The van der Waals surface area contributed by atoms with Gasteiger partial charge in [0.25, 0.3) is 5.91 Å². The van der Waals surface area contributed by atoms with Gasteiger partial charge in [-0.05, 0) is 55.7 Å². The number of nitrogens with one attached hydrogen (secondary N) is 2. The highest BCUT2D eigenvalue weighted by Crippen LogP contribution is 2.25. The van der Waals surface area contributed by atoms with Gasteiger partial charge in [-0.1, -0.05) is 25.1 Å². The van der Waals surface area contributed by atoms with Gasteiger partial charge in [-0.3, -0.25) is 4.79 Å². The first kappa shape index (κ1) is 27.2. The van der Waals surface area contributed by atoms with Crippen LogP contribution in [0.4, 0.5) is 16.0 Å². The molecule has 1 fully saturated rings. The molecule has 1 aromatic carbocycles. The molecule has 2 aromatic heterocycles. The number of aromatic nitrogens is 4. The van der Waals surface area contributed by atoms with E-state index in [2.05, 4.69) is 56.1 Å². The van der Waals surface area contributed by atoms with E-state index < -0.39 is 11.7 Å². The molecular formula is C28H36FN7O2. The molecule has 1 saturated heterocycles. The lowest BCUT2D eigenvalue weighted by molar-refractivity contribution is 0.0954. The fourth-order valence-corrected chi connectivity index (χ4v) is 4.52. The van der Waals surface area contributed by atoms with E-state index in [1.807, 2.05) is 0 Å². The molecule has 1 aliphatic heterocycles. The standard InChI is InChI=1S/C28H36FN7O2/c1-4-11-31-27(37)23-8-7-22(16-24(23)29)30-12-5-6-20-9-13-36(14-10-20)28-32-17-21(18-33-28)26-34-25(38-35-26)15-19(2)3/h4,7-8,16-20,30H,1,5-6,9-15H2,2-3H3,(H,31,37). The molecule has 0 aliphatic carbocycles. The Balaban J connectivity index is 1.17. The zero-order valence-corrected chi connectivity index (χ0v) is 22.1. The minimum absolute atomic E-state index is 0.0355. The molecule has 0 bridgehead atoms. The van der Waals surface area contributed by atoms with Crippen LogP contribution in [-0.4, -0.2) is 52.2 Å². The monoisotopic (exact) mass is 521 g/mol. The number of rotatable bonds is 12. The number of amides is 1. The first-order valence-corrected chi connectivity index (χ1v) is 13.3. The Labute approximate surface area is 223 Å². The first-order valence-electron chi connectivity index (χ1n) is 13.3. The third-order valence-electron chi connectivity index (χ3n) is 6.58. The van der Waals surface area contributed by atoms with E-state index in [4.69, 9.17) is 4.52 Å². The summed E-state index contributed by atoms with van der Waals surface area (Å²) in [5.74, 6) is 1.99. The summed E-state index contributed by atoms with van der Waals surface area (Å²) >= 11 is 0. The third-order valence-corrected chi connectivity index (χ3v) is 6.58. The molecule has 2 N–H and O–H groups in total. The van der Waals surface area contributed by atoms with Crippen molar-refractivity contribution in [1.82, 2.24) is 25.4 Å². The largest absolute Gasteiger partial charge is 0.385 e. The van der Waals surface area contributed by atoms with E-state index in [9.17, 15) is 9.18 Å². The van der Waals surface area contributed by atoms with Crippen molar-refractivity contribution in [2.24, 2.45) is 11.8 Å². The van der Waals surface area contributed by atoms with Crippen molar-refractivity contribution in [3.05, 3.63) is 60.5 Å². The Morgan fingerprint density at radius 3 is 2.71 bits per heavy atom. The summed E-state index contributed by atoms with van der Waals surface area (Å²) in [5.41, 5.74) is 1.46. The molecule has 0 radical (unpaired) electrons. The number of hydrogen-bond donors (Lipinski definition) is 2. The molecule has 0 saturated carbocycles. The molecule has 38 heavy (non-hydrogen) atoms. The quantitative estimate of drug-likeness (QED) is 0.256. The minimum atomic E-state index is -0.535. The predicted molar refractivity (Wildman–Crippen MR) is 145 cm³/mol. The van der Waals surface area contributed by atoms with Crippen molar-refractivity contribution in [3.8, 4) is 11.4 Å². The maximum atomic E-state index is 14.3. The fourth-order valence-electron chi connectivity index (χ4n) is 4.52. The highest BCUT2D eigenvalue weighted by Gasteiger charge is 2.21. The van der Waals surface area contributed by atoms with Gasteiger partial charge in [0.05, 0.1) is 11.1 Å². The van der Waals surface area contributed by atoms with E-state index in [0.29, 0.717) is 35.8 Å². The molecule has 0 unspecified atom stereocenters. The molecule has 4 rings (SSSR count). The molecule has 0 atom stereocenters. The zero-order chi connectivity index (χ0) is 26.9. The van der Waals surface area contributed by atoms with E-state index >= 15 is 0 Å². The van der Waals surface area contributed by atoms with Crippen molar-refractivity contribution in [2.75, 3.05) is 36.4 Å². The van der Waals surface area contributed by atoms with Gasteiger partial charge in [0, 0.05) is 50.7 Å². The van der Waals surface area contributed by atoms with Crippen LogP contribution in [-0.2, 0) is 6.42 Å². The van der Waals surface area contributed by atoms with Crippen molar-refractivity contribution < 1.29 is 13.7 Å². The Kier molecular flexibility index (Phi) is 9.40. The Morgan fingerprint density at radius 1 is 1.26 bits per heavy atom. The van der Waals surface area contributed by atoms with Crippen LogP contribution in [0.15, 0.2) is 47.8 Å². The van der Waals surface area contributed by atoms with Crippen LogP contribution in [0, 0.1) is 17.7 Å². The van der Waals surface area contributed by atoms with Gasteiger partial charge < -0.3 is 20.1 Å². The number of halogens is 1. The Bertz CT molecular complexity index is 1200. The zero-order valence-electron chi connectivity index (χ0n) is 22.1. The second kappa shape index (κ2) is 13.1. The van der Waals surface area contributed by atoms with Crippen molar-refractivity contribution >= 4 is 17.5 Å². The van der Waals surface area contributed by atoms with E-state index in [-0.39, 0.29) is 5.56 Å². The van der Waals surface area contributed by atoms with Crippen molar-refractivity contribution in [3.63, 3.8) is 0 Å². The highest BCUT2D eigenvalue weighted by atomic mass is 19.1. The maximum Gasteiger partial charge on any atom is 0.254 e. The molecule has 3 aromatic rings. The topological polar surface area (TPSA) is 109 Å². The van der Waals surface area contributed by atoms with Gasteiger partial charge in [0.1, 0.15) is 5.82 Å². The lowest BCUT2D eigenvalue weighted by atomic mass is 9.92. The lowest BCUT2D eigenvalue weighted by Crippen LogP contribution is -2.34. The van der Waals surface area contributed by atoms with Crippen LogP contribution in [0.2, 0.25) is 0 Å². The molecule has 1 aliphatic rings. The Morgan fingerprint density at radius 2 is 2.03 bits per heavy atom. The second-order valence-corrected chi connectivity index (χ2v) is 10.1. The molecule has 3 heterocycles. The number of carbonyl (C=O) groups excluding carboxylic acids is 1. The smallest absolute Gasteiger partial charge is 0.254 e. The van der Waals surface area contributed by atoms with Crippen LogP contribution >= 0.6 is 0 Å². The van der Waals surface area contributed by atoms with Gasteiger partial charge >= 0.3 is 0 Å². The number of piperidine rings is 1. The molecular weight excluding hydrogens is 485 g/mol. The van der Waals surface area contributed by atoms with Gasteiger partial charge in [-0.25, -0.2) is 14.4 Å². The van der Waals surface area contributed by atoms with Crippen LogP contribution in [0.1, 0.15) is 55.8 Å². The number of benzene rings is 1. The van der Waals surface area contributed by atoms with Crippen LogP contribution < -0.4 is 15.5 Å². The summed E-state index contributed by atoms with van der Waals surface area (Å²) in [6, 6.07) is 4.61. The number of hydrogen-bond acceptors (Lipinski definition) is 8. The highest BCUT2D eigenvalue weighted by molar-refractivity contribution is 5.94. The summed E-state index contributed by atoms with van der Waals surface area (Å²) in [5, 5.41) is 9.90. The predicted octanol–water partition coefficient (Wildman–Crippen LogP) is 4.89. The van der Waals surface area contributed by atoms with Crippen LogP contribution in [0.5, 0.6) is 0 Å². The average molecular weight is 522 g/mol. The number of anilines is 2. The summed E-state index contributed by atoms with van der Waals surface area (Å²) in [7, 11) is 0. The van der Waals surface area contributed by atoms with Gasteiger partial charge in [0.15, 0.2) is 0 Å². The first-order chi connectivity index (χ1) is 18.4. The van der Waals surface area contributed by atoms with Gasteiger partial charge in [0.2, 0.25) is 17.7 Å². The number of carbonyl (C=O) groups is 1. The normalized spacial score (nSPS) is 14.1. The molecule has 202 valence electrons. The third kappa shape index (κ3) is 7.36.